The molecule has 0 bridgehead atoms. The summed E-state index contributed by atoms with van der Waals surface area (Å²) in [5, 5.41) is 0. The molecule has 0 radical (unpaired) electrons. The molecule has 3 heterocycles. The Labute approximate surface area is 148 Å². The Kier molecular flexibility index (Phi) is 4.83. The van der Waals surface area contributed by atoms with E-state index in [2.05, 4.69) is 4.99 Å². The topological polar surface area (TPSA) is 51.1 Å². The molecule has 0 spiro atoms. The van der Waals surface area contributed by atoms with Gasteiger partial charge in [-0.2, -0.15) is 0 Å². The van der Waals surface area contributed by atoms with Gasteiger partial charge in [0.25, 0.3) is 5.91 Å². The van der Waals surface area contributed by atoms with Gasteiger partial charge in [0.15, 0.2) is 0 Å². The average molecular weight is 340 g/mol. The summed E-state index contributed by atoms with van der Waals surface area (Å²) in [5.41, 5.74) is 1.51. The highest BCUT2D eigenvalue weighted by molar-refractivity contribution is 6.14. The molecule has 1 aromatic rings. The second-order valence-electron chi connectivity index (χ2n) is 6.84. The van der Waals surface area contributed by atoms with Crippen molar-refractivity contribution in [2.45, 2.75) is 44.6 Å². The van der Waals surface area contributed by atoms with E-state index in [-0.39, 0.29) is 12.0 Å². The molecule has 2 fully saturated rings. The molecule has 1 atom stereocenters. The van der Waals surface area contributed by atoms with Crippen molar-refractivity contribution in [1.29, 1.82) is 0 Å². The van der Waals surface area contributed by atoms with Crippen LogP contribution in [-0.4, -0.2) is 42.5 Å². The van der Waals surface area contributed by atoms with Gasteiger partial charge in [0.1, 0.15) is 23.9 Å². The highest BCUT2D eigenvalue weighted by Gasteiger charge is 2.30. The minimum atomic E-state index is 0.0376. The van der Waals surface area contributed by atoms with E-state index in [0.717, 1.165) is 62.4 Å². The van der Waals surface area contributed by atoms with Gasteiger partial charge in [0.2, 0.25) is 0 Å². The molecule has 1 amide bonds. The third-order valence-electron chi connectivity index (χ3n) is 4.95. The molecule has 3 aliphatic heterocycles. The Hall–Kier alpha value is -2.14. The van der Waals surface area contributed by atoms with Crippen LogP contribution in [0.3, 0.4) is 0 Å². The number of hydrogen-bond donors (Lipinski definition) is 0. The van der Waals surface area contributed by atoms with Crippen molar-refractivity contribution in [1.82, 2.24) is 4.90 Å². The zero-order valence-electron chi connectivity index (χ0n) is 14.4. The number of aliphatic imine (C=N–C) groups is 1. The number of carbonyl (C=O) groups is 1. The normalized spacial score (nSPS) is 25.0. The maximum atomic E-state index is 12.5. The van der Waals surface area contributed by atoms with E-state index in [4.69, 9.17) is 9.47 Å². The highest BCUT2D eigenvalue weighted by atomic mass is 16.5. The molecule has 2 saturated heterocycles. The molecule has 0 N–H and O–H groups in total. The predicted octanol–water partition coefficient (Wildman–Crippen LogP) is 3.40. The van der Waals surface area contributed by atoms with Crippen LogP contribution in [0.4, 0.5) is 0 Å². The van der Waals surface area contributed by atoms with Crippen LogP contribution < -0.4 is 4.74 Å². The maximum Gasteiger partial charge on any atom is 0.277 e. The number of amides is 1. The number of ether oxygens (including phenoxy) is 2. The fourth-order valence-electron chi connectivity index (χ4n) is 3.53. The minimum Gasteiger partial charge on any atom is -0.491 e. The highest BCUT2D eigenvalue weighted by Crippen LogP contribution is 2.25. The largest absolute Gasteiger partial charge is 0.491 e. The molecule has 0 saturated carbocycles. The quantitative estimate of drug-likeness (QED) is 0.790. The van der Waals surface area contributed by atoms with E-state index in [1.807, 2.05) is 35.2 Å². The van der Waals surface area contributed by atoms with E-state index in [9.17, 15) is 4.79 Å². The summed E-state index contributed by atoms with van der Waals surface area (Å²) in [7, 11) is 0. The zero-order valence-corrected chi connectivity index (χ0v) is 14.4. The Morgan fingerprint density at radius 2 is 2.08 bits per heavy atom. The van der Waals surface area contributed by atoms with Crippen LogP contribution in [0.2, 0.25) is 0 Å². The average Bonchev–Trinajstić information content (AvgIpc) is 3.17. The first kappa shape index (κ1) is 16.3. The zero-order chi connectivity index (χ0) is 17.1. The monoisotopic (exact) mass is 340 g/mol. The van der Waals surface area contributed by atoms with Gasteiger partial charge in [-0.25, -0.2) is 4.99 Å². The van der Waals surface area contributed by atoms with Crippen LogP contribution in [0.25, 0.3) is 6.08 Å². The van der Waals surface area contributed by atoms with E-state index in [0.29, 0.717) is 12.3 Å². The van der Waals surface area contributed by atoms with Gasteiger partial charge in [0, 0.05) is 19.6 Å². The first-order chi connectivity index (χ1) is 12.3. The smallest absolute Gasteiger partial charge is 0.277 e. The number of rotatable bonds is 4. The van der Waals surface area contributed by atoms with Gasteiger partial charge >= 0.3 is 0 Å². The van der Waals surface area contributed by atoms with Crippen molar-refractivity contribution in [2.24, 2.45) is 4.99 Å². The molecule has 5 heteroatoms. The van der Waals surface area contributed by atoms with E-state index < -0.39 is 0 Å². The third kappa shape index (κ3) is 3.76. The summed E-state index contributed by atoms with van der Waals surface area (Å²) in [6.45, 7) is 2.24. The second kappa shape index (κ2) is 7.40. The first-order valence-electron chi connectivity index (χ1n) is 9.25. The summed E-state index contributed by atoms with van der Waals surface area (Å²) in [4.78, 5) is 18.9. The molecule has 0 aliphatic carbocycles. The lowest BCUT2D eigenvalue weighted by Crippen LogP contribution is -2.31. The van der Waals surface area contributed by atoms with E-state index in [1.54, 1.807) is 0 Å². The van der Waals surface area contributed by atoms with Crippen LogP contribution in [0.15, 0.2) is 35.0 Å². The van der Waals surface area contributed by atoms with Gasteiger partial charge in [-0.15, -0.1) is 0 Å². The number of benzene rings is 1. The lowest BCUT2D eigenvalue weighted by Gasteiger charge is -2.14. The van der Waals surface area contributed by atoms with Crippen molar-refractivity contribution >= 4 is 17.8 Å². The van der Waals surface area contributed by atoms with Gasteiger partial charge in [-0.1, -0.05) is 18.6 Å². The fourth-order valence-corrected chi connectivity index (χ4v) is 3.53. The molecular formula is C20H24N2O3. The molecule has 0 aromatic heterocycles. The SMILES string of the molecule is O=C1C(=Cc2ccc(OCC3CCCO3)cc2)N=C2CCCCCN12. The molecule has 1 unspecified atom stereocenters. The standard InChI is InChI=1S/C20H24N2O3/c23-20-18(21-19-6-2-1-3-11-22(19)20)13-15-7-9-16(10-8-15)25-14-17-5-4-12-24-17/h7-10,13,17H,1-6,11-12,14H2. The Morgan fingerprint density at radius 3 is 2.88 bits per heavy atom. The molecule has 1 aromatic carbocycles. The van der Waals surface area contributed by atoms with E-state index >= 15 is 0 Å². The van der Waals surface area contributed by atoms with Crippen molar-refractivity contribution in [3.05, 3.63) is 35.5 Å². The minimum absolute atomic E-state index is 0.0376. The molecular weight excluding hydrogens is 316 g/mol. The second-order valence-corrected chi connectivity index (χ2v) is 6.84. The fraction of sp³-hybridized carbons (Fsp3) is 0.500. The number of amidine groups is 1. The van der Waals surface area contributed by atoms with Crippen molar-refractivity contribution in [3.8, 4) is 5.75 Å². The molecule has 5 nitrogen and oxygen atoms in total. The Bertz CT molecular complexity index is 687. The summed E-state index contributed by atoms with van der Waals surface area (Å²) in [5.74, 6) is 1.80. The number of fused-ring (bicyclic) bond motifs is 1. The van der Waals surface area contributed by atoms with Crippen molar-refractivity contribution in [2.75, 3.05) is 19.8 Å². The third-order valence-corrected chi connectivity index (χ3v) is 4.95. The molecule has 25 heavy (non-hydrogen) atoms. The Balaban J connectivity index is 1.41. The van der Waals surface area contributed by atoms with Crippen LogP contribution in [0.5, 0.6) is 5.75 Å². The van der Waals surface area contributed by atoms with Crippen molar-refractivity contribution in [3.63, 3.8) is 0 Å². The van der Waals surface area contributed by atoms with Gasteiger partial charge in [-0.05, 0) is 49.5 Å². The molecule has 4 rings (SSSR count). The number of hydrogen-bond acceptors (Lipinski definition) is 4. The summed E-state index contributed by atoms with van der Waals surface area (Å²) in [6, 6.07) is 7.81. The number of nitrogens with zero attached hydrogens (tertiary/aromatic N) is 2. The van der Waals surface area contributed by atoms with Crippen LogP contribution in [0, 0.1) is 0 Å². The lowest BCUT2D eigenvalue weighted by atomic mass is 10.2. The summed E-state index contributed by atoms with van der Waals surface area (Å²) in [6.07, 6.45) is 8.54. The van der Waals surface area contributed by atoms with E-state index in [1.165, 1.54) is 6.42 Å². The lowest BCUT2D eigenvalue weighted by molar-refractivity contribution is -0.122. The van der Waals surface area contributed by atoms with Gasteiger partial charge in [-0.3, -0.25) is 9.69 Å². The van der Waals surface area contributed by atoms with Crippen LogP contribution in [0.1, 0.15) is 44.1 Å². The predicted molar refractivity (Wildman–Crippen MR) is 96.5 cm³/mol. The van der Waals surface area contributed by atoms with Crippen molar-refractivity contribution < 1.29 is 14.3 Å². The molecule has 132 valence electrons. The first-order valence-corrected chi connectivity index (χ1v) is 9.25. The van der Waals surface area contributed by atoms with Gasteiger partial charge in [0.05, 0.1) is 6.10 Å². The van der Waals surface area contributed by atoms with Crippen LogP contribution >= 0.6 is 0 Å². The maximum absolute atomic E-state index is 12.5. The summed E-state index contributed by atoms with van der Waals surface area (Å²) < 4.78 is 11.3. The Morgan fingerprint density at radius 1 is 1.20 bits per heavy atom. The van der Waals surface area contributed by atoms with Gasteiger partial charge < -0.3 is 9.47 Å². The van der Waals surface area contributed by atoms with Crippen LogP contribution in [-0.2, 0) is 9.53 Å². The number of carbonyl (C=O) groups excluding carboxylic acids is 1. The molecule has 3 aliphatic rings. The summed E-state index contributed by atoms with van der Waals surface area (Å²) >= 11 is 0.